The summed E-state index contributed by atoms with van der Waals surface area (Å²) in [6, 6.07) is 0. The quantitative estimate of drug-likeness (QED) is 0.399. The molecule has 0 bridgehead atoms. The third kappa shape index (κ3) is 2.11. The zero-order valence-corrected chi connectivity index (χ0v) is 4.12. The minimum absolute atomic E-state index is 1.48. The molecule has 0 saturated heterocycles. The lowest BCUT2D eigenvalue weighted by atomic mass is 10.4. The van der Waals surface area contributed by atoms with Crippen LogP contribution in [0.4, 0.5) is 13.2 Å². The molecule has 0 heterocycles. The van der Waals surface area contributed by atoms with Crippen molar-refractivity contribution in [2.45, 2.75) is 6.18 Å². The lowest BCUT2D eigenvalue weighted by molar-refractivity contribution is -0.163. The van der Waals surface area contributed by atoms with Crippen LogP contribution in [0.5, 0.6) is 0 Å². The van der Waals surface area contributed by atoms with Crippen LogP contribution in [-0.4, -0.2) is 17.8 Å². The van der Waals surface area contributed by atoms with Crippen molar-refractivity contribution in [3.05, 3.63) is 0 Å². The molecule has 0 saturated carbocycles. The summed E-state index contributed by atoms with van der Waals surface area (Å²) in [5, 5.41) is 6.06. The Kier molecular flexibility index (Phi) is 1.80. The molecule has 0 spiro atoms. The normalized spacial score (nSPS) is 11.0. The summed E-state index contributed by atoms with van der Waals surface area (Å²) in [6.07, 6.45) is -5.01. The number of nitrogens with one attached hydrogen (secondary N) is 1. The first-order chi connectivity index (χ1) is 3.85. The van der Waals surface area contributed by atoms with E-state index in [1.54, 1.807) is 0 Å². The number of amidine groups is 1. The summed E-state index contributed by atoms with van der Waals surface area (Å²) in [5.41, 5.74) is 4.24. The maximum atomic E-state index is 11.1. The second-order valence-corrected chi connectivity index (χ2v) is 1.24. The molecule has 6 heteroatoms. The summed E-state index contributed by atoms with van der Waals surface area (Å²) in [6.45, 7) is 0. The van der Waals surface area contributed by atoms with Crippen LogP contribution in [0.25, 0.3) is 0 Å². The van der Waals surface area contributed by atoms with Crippen LogP contribution in [0.3, 0.4) is 0 Å². The minimum atomic E-state index is -5.01. The Bertz CT molecular complexity index is 150. The highest BCUT2D eigenvalue weighted by Gasteiger charge is 2.40. The molecule has 0 aliphatic heterocycles. The SMILES string of the molecule is N=C(N)C(=O)C(F)(F)F. The van der Waals surface area contributed by atoms with Crippen LogP contribution in [0.1, 0.15) is 0 Å². The number of nitrogens with two attached hydrogens (primary N) is 1. The van der Waals surface area contributed by atoms with Gasteiger partial charge in [-0.05, 0) is 0 Å². The van der Waals surface area contributed by atoms with E-state index >= 15 is 0 Å². The van der Waals surface area contributed by atoms with Crippen molar-refractivity contribution in [2.24, 2.45) is 5.73 Å². The van der Waals surface area contributed by atoms with Gasteiger partial charge in [0.05, 0.1) is 0 Å². The van der Waals surface area contributed by atoms with Crippen LogP contribution in [0.15, 0.2) is 0 Å². The summed E-state index contributed by atoms with van der Waals surface area (Å²) in [5.74, 6) is -3.79. The first-order valence-corrected chi connectivity index (χ1v) is 1.81. The van der Waals surface area contributed by atoms with Gasteiger partial charge in [-0.1, -0.05) is 0 Å². The van der Waals surface area contributed by atoms with Gasteiger partial charge in [0.15, 0.2) is 5.84 Å². The monoisotopic (exact) mass is 140 g/mol. The van der Waals surface area contributed by atoms with Crippen molar-refractivity contribution in [2.75, 3.05) is 0 Å². The first kappa shape index (κ1) is 7.93. The second-order valence-electron chi connectivity index (χ2n) is 1.24. The molecule has 0 rings (SSSR count). The van der Waals surface area contributed by atoms with E-state index in [0.717, 1.165) is 0 Å². The molecule has 0 aromatic carbocycles. The molecule has 0 radical (unpaired) electrons. The first-order valence-electron chi connectivity index (χ1n) is 1.81. The maximum absolute atomic E-state index is 11.1. The summed E-state index contributed by atoms with van der Waals surface area (Å²) < 4.78 is 33.4. The van der Waals surface area contributed by atoms with E-state index in [2.05, 4.69) is 5.73 Å². The van der Waals surface area contributed by atoms with Gasteiger partial charge in [-0.3, -0.25) is 10.2 Å². The maximum Gasteiger partial charge on any atom is 0.458 e. The molecule has 9 heavy (non-hydrogen) atoms. The lowest BCUT2D eigenvalue weighted by Crippen LogP contribution is -2.35. The molecule has 0 aliphatic rings. The highest BCUT2D eigenvalue weighted by Crippen LogP contribution is 2.14. The highest BCUT2D eigenvalue weighted by molar-refractivity contribution is 6.39. The van der Waals surface area contributed by atoms with Crippen molar-refractivity contribution >= 4 is 11.6 Å². The molecule has 52 valence electrons. The van der Waals surface area contributed by atoms with E-state index in [1.165, 1.54) is 0 Å². The van der Waals surface area contributed by atoms with Gasteiger partial charge in [0, 0.05) is 0 Å². The fraction of sp³-hybridized carbons (Fsp3) is 0.333. The van der Waals surface area contributed by atoms with E-state index in [4.69, 9.17) is 5.41 Å². The zero-order valence-electron chi connectivity index (χ0n) is 4.12. The smallest absolute Gasteiger partial charge is 0.381 e. The fourth-order valence-corrected chi connectivity index (χ4v) is 0.153. The highest BCUT2D eigenvalue weighted by atomic mass is 19.4. The molecule has 0 amide bonds. The molecular weight excluding hydrogens is 137 g/mol. The van der Waals surface area contributed by atoms with Gasteiger partial charge in [0.1, 0.15) is 0 Å². The molecule has 0 fully saturated rings. The van der Waals surface area contributed by atoms with Gasteiger partial charge in [-0.25, -0.2) is 0 Å². The Morgan fingerprint density at radius 1 is 1.44 bits per heavy atom. The van der Waals surface area contributed by atoms with Gasteiger partial charge in [0.25, 0.3) is 5.78 Å². The topological polar surface area (TPSA) is 66.9 Å². The van der Waals surface area contributed by atoms with Crippen molar-refractivity contribution in [1.29, 1.82) is 5.41 Å². The second kappa shape index (κ2) is 2.04. The molecule has 3 N–H and O–H groups in total. The number of Topliss-reactive ketones (excluding diaryl/α,β-unsaturated/α-hetero) is 1. The number of ketones is 1. The molecule has 0 atom stereocenters. The average molecular weight is 140 g/mol. The Morgan fingerprint density at radius 3 is 1.78 bits per heavy atom. The Balaban J connectivity index is 4.23. The summed E-state index contributed by atoms with van der Waals surface area (Å²) in [7, 11) is 0. The van der Waals surface area contributed by atoms with Crippen LogP contribution in [0, 0.1) is 5.41 Å². The standard InChI is InChI=1S/C3H3F3N2O/c4-3(5,6)1(9)2(7)8/h(H3,7,8). The molecular formula is C3H3F3N2O. The molecule has 0 aromatic heterocycles. The lowest BCUT2D eigenvalue weighted by Gasteiger charge is -2.00. The van der Waals surface area contributed by atoms with Crippen LogP contribution >= 0.6 is 0 Å². The average Bonchev–Trinajstić information content (AvgIpc) is 1.62. The predicted octanol–water partition coefficient (Wildman–Crippen LogP) is 0.0538. The number of hydrogen-bond acceptors (Lipinski definition) is 2. The zero-order chi connectivity index (χ0) is 7.65. The van der Waals surface area contributed by atoms with Crippen molar-refractivity contribution < 1.29 is 18.0 Å². The van der Waals surface area contributed by atoms with Crippen LogP contribution in [0.2, 0.25) is 0 Å². The minimum Gasteiger partial charge on any atom is -0.381 e. The van der Waals surface area contributed by atoms with Crippen LogP contribution < -0.4 is 5.73 Å². The van der Waals surface area contributed by atoms with Gasteiger partial charge in [-0.2, -0.15) is 13.2 Å². The largest absolute Gasteiger partial charge is 0.458 e. The van der Waals surface area contributed by atoms with E-state index in [9.17, 15) is 18.0 Å². The van der Waals surface area contributed by atoms with Gasteiger partial charge < -0.3 is 5.73 Å². The van der Waals surface area contributed by atoms with Gasteiger partial charge >= 0.3 is 6.18 Å². The van der Waals surface area contributed by atoms with E-state index in [0.29, 0.717) is 0 Å². The Hall–Kier alpha value is -1.07. The third-order valence-electron chi connectivity index (χ3n) is 0.502. The summed E-state index contributed by atoms with van der Waals surface area (Å²) in [4.78, 5) is 9.69. The Morgan fingerprint density at radius 2 is 1.78 bits per heavy atom. The van der Waals surface area contributed by atoms with Crippen molar-refractivity contribution in [3.8, 4) is 0 Å². The summed E-state index contributed by atoms with van der Waals surface area (Å²) >= 11 is 0. The molecule has 3 nitrogen and oxygen atoms in total. The van der Waals surface area contributed by atoms with E-state index in [-0.39, 0.29) is 0 Å². The van der Waals surface area contributed by atoms with Crippen molar-refractivity contribution in [3.63, 3.8) is 0 Å². The molecule has 0 unspecified atom stereocenters. The number of hydrogen-bond donors (Lipinski definition) is 2. The van der Waals surface area contributed by atoms with Gasteiger partial charge in [-0.15, -0.1) is 0 Å². The number of carbonyl (C=O) groups excluding carboxylic acids is 1. The van der Waals surface area contributed by atoms with E-state index in [1.807, 2.05) is 0 Å². The van der Waals surface area contributed by atoms with Crippen molar-refractivity contribution in [1.82, 2.24) is 0 Å². The third-order valence-corrected chi connectivity index (χ3v) is 0.502. The van der Waals surface area contributed by atoms with Gasteiger partial charge in [0.2, 0.25) is 0 Å². The number of rotatable bonds is 1. The number of halogens is 3. The molecule has 0 aromatic rings. The predicted molar refractivity (Wildman–Crippen MR) is 23.0 cm³/mol. The molecule has 0 aliphatic carbocycles. The fourth-order valence-electron chi connectivity index (χ4n) is 0.153. The van der Waals surface area contributed by atoms with Crippen LogP contribution in [-0.2, 0) is 4.79 Å². The number of carbonyl (C=O) groups is 1. The number of alkyl halides is 3. The Labute approximate surface area is 48.2 Å². The van der Waals surface area contributed by atoms with E-state index < -0.39 is 17.8 Å².